The number of hydrogen-bond acceptors (Lipinski definition) is 4. The summed E-state index contributed by atoms with van der Waals surface area (Å²) in [6.07, 6.45) is 4.66. The summed E-state index contributed by atoms with van der Waals surface area (Å²) < 4.78 is 2.26. The van der Waals surface area contributed by atoms with E-state index in [9.17, 15) is 4.79 Å². The van der Waals surface area contributed by atoms with E-state index in [1.165, 1.54) is 19.3 Å². The third-order valence-corrected chi connectivity index (χ3v) is 6.54. The molecule has 0 atom stereocenters. The number of rotatable bonds is 5. The lowest BCUT2D eigenvalue weighted by Gasteiger charge is -2.08. The Bertz CT molecular complexity index is 1020. The van der Waals surface area contributed by atoms with Crippen LogP contribution in [0.1, 0.15) is 46.6 Å². The number of amides is 1. The Kier molecular flexibility index (Phi) is 6.21. The van der Waals surface area contributed by atoms with Gasteiger partial charge in [-0.05, 0) is 61.2 Å². The van der Waals surface area contributed by atoms with Crippen molar-refractivity contribution in [2.45, 2.75) is 50.1 Å². The highest BCUT2D eigenvalue weighted by atomic mass is 35.5. The van der Waals surface area contributed by atoms with Gasteiger partial charge in [0.1, 0.15) is 5.82 Å². The van der Waals surface area contributed by atoms with E-state index in [0.717, 1.165) is 46.5 Å². The quantitative estimate of drug-likeness (QED) is 0.546. The first-order valence-electron chi connectivity index (χ1n) is 9.81. The Morgan fingerprint density at radius 2 is 1.97 bits per heavy atom. The number of thioether (sulfide) groups is 1. The van der Waals surface area contributed by atoms with E-state index in [4.69, 9.17) is 11.6 Å². The largest absolute Gasteiger partial charge is 0.322 e. The van der Waals surface area contributed by atoms with E-state index in [1.807, 2.05) is 37.3 Å². The van der Waals surface area contributed by atoms with Crippen LogP contribution in [0, 0.1) is 6.92 Å². The SMILES string of the molecule is Cc1cc(NC(=O)c2ccc(CSc3nnc4n3CCCCC4)cc2)ccc1Cl. The average Bonchev–Trinajstić information content (AvgIpc) is 2.95. The number of carbonyl (C=O) groups is 1. The Morgan fingerprint density at radius 3 is 2.76 bits per heavy atom. The molecule has 7 heteroatoms. The van der Waals surface area contributed by atoms with E-state index in [1.54, 1.807) is 23.9 Å². The van der Waals surface area contributed by atoms with Gasteiger partial charge in [-0.15, -0.1) is 10.2 Å². The fourth-order valence-corrected chi connectivity index (χ4v) is 4.45. The lowest BCUT2D eigenvalue weighted by molar-refractivity contribution is 0.102. The van der Waals surface area contributed by atoms with Crippen LogP contribution in [0.4, 0.5) is 5.69 Å². The van der Waals surface area contributed by atoms with Crippen molar-refractivity contribution in [1.82, 2.24) is 14.8 Å². The van der Waals surface area contributed by atoms with Gasteiger partial charge in [0, 0.05) is 35.0 Å². The maximum Gasteiger partial charge on any atom is 0.255 e. The van der Waals surface area contributed by atoms with Crippen LogP contribution in [0.25, 0.3) is 0 Å². The zero-order valence-corrected chi connectivity index (χ0v) is 17.9. The molecule has 0 spiro atoms. The Labute approximate surface area is 179 Å². The van der Waals surface area contributed by atoms with Crippen LogP contribution in [0.5, 0.6) is 0 Å². The molecule has 0 unspecified atom stereocenters. The number of benzene rings is 2. The van der Waals surface area contributed by atoms with Crippen LogP contribution in [0.3, 0.4) is 0 Å². The molecule has 0 saturated carbocycles. The van der Waals surface area contributed by atoms with Gasteiger partial charge in [-0.3, -0.25) is 4.79 Å². The molecule has 2 heterocycles. The maximum atomic E-state index is 12.5. The van der Waals surface area contributed by atoms with Crippen LogP contribution in [-0.4, -0.2) is 20.7 Å². The summed E-state index contributed by atoms with van der Waals surface area (Å²) in [6.45, 7) is 2.92. The molecule has 1 aliphatic heterocycles. The molecule has 0 fully saturated rings. The summed E-state index contributed by atoms with van der Waals surface area (Å²) in [5.41, 5.74) is 3.45. The first-order valence-corrected chi connectivity index (χ1v) is 11.2. The van der Waals surface area contributed by atoms with Gasteiger partial charge in [0.05, 0.1) is 0 Å². The second-order valence-corrected chi connectivity index (χ2v) is 8.61. The van der Waals surface area contributed by atoms with Crippen molar-refractivity contribution in [3.63, 3.8) is 0 Å². The van der Waals surface area contributed by atoms with Crippen LogP contribution in [-0.2, 0) is 18.7 Å². The smallest absolute Gasteiger partial charge is 0.255 e. The monoisotopic (exact) mass is 426 g/mol. The fraction of sp³-hybridized carbons (Fsp3) is 0.318. The van der Waals surface area contributed by atoms with Crippen LogP contribution >= 0.6 is 23.4 Å². The minimum atomic E-state index is -0.131. The molecule has 0 saturated heterocycles. The van der Waals surface area contributed by atoms with Crippen LogP contribution in [0.15, 0.2) is 47.6 Å². The van der Waals surface area contributed by atoms with Crippen molar-refractivity contribution in [2.75, 3.05) is 5.32 Å². The molecule has 150 valence electrons. The Balaban J connectivity index is 1.37. The molecule has 3 aromatic rings. The number of halogens is 1. The summed E-state index contributed by atoms with van der Waals surface area (Å²) in [4.78, 5) is 12.5. The number of aromatic nitrogens is 3. The number of nitrogens with one attached hydrogen (secondary N) is 1. The second kappa shape index (κ2) is 9.01. The molecule has 1 N–H and O–H groups in total. The molecule has 1 aliphatic rings. The predicted molar refractivity (Wildman–Crippen MR) is 118 cm³/mol. The van der Waals surface area contributed by atoms with Gasteiger partial charge < -0.3 is 9.88 Å². The molecule has 1 amide bonds. The summed E-state index contributed by atoms with van der Waals surface area (Å²) >= 11 is 7.74. The molecular weight excluding hydrogens is 404 g/mol. The van der Waals surface area contributed by atoms with E-state index in [0.29, 0.717) is 10.6 Å². The predicted octanol–water partition coefficient (Wildman–Crippen LogP) is 5.51. The van der Waals surface area contributed by atoms with E-state index in [2.05, 4.69) is 20.1 Å². The molecule has 0 bridgehead atoms. The van der Waals surface area contributed by atoms with E-state index >= 15 is 0 Å². The zero-order chi connectivity index (χ0) is 20.2. The van der Waals surface area contributed by atoms with Gasteiger partial charge in [-0.1, -0.05) is 41.9 Å². The Morgan fingerprint density at radius 1 is 1.14 bits per heavy atom. The normalized spacial score (nSPS) is 13.6. The molecule has 0 aliphatic carbocycles. The first kappa shape index (κ1) is 20.0. The lowest BCUT2D eigenvalue weighted by atomic mass is 10.1. The molecule has 5 nitrogen and oxygen atoms in total. The summed E-state index contributed by atoms with van der Waals surface area (Å²) in [7, 11) is 0. The number of aryl methyl sites for hydroxylation is 2. The zero-order valence-electron chi connectivity index (χ0n) is 16.3. The van der Waals surface area contributed by atoms with Gasteiger partial charge in [-0.2, -0.15) is 0 Å². The number of carbonyl (C=O) groups excluding carboxylic acids is 1. The number of fused-ring (bicyclic) bond motifs is 1. The van der Waals surface area contributed by atoms with E-state index in [-0.39, 0.29) is 5.91 Å². The molecule has 4 rings (SSSR count). The van der Waals surface area contributed by atoms with Crippen molar-refractivity contribution in [3.8, 4) is 0 Å². The molecular formula is C22H23ClN4OS. The average molecular weight is 427 g/mol. The van der Waals surface area contributed by atoms with Gasteiger partial charge in [0.2, 0.25) is 0 Å². The van der Waals surface area contributed by atoms with Crippen molar-refractivity contribution in [1.29, 1.82) is 0 Å². The minimum Gasteiger partial charge on any atom is -0.322 e. The van der Waals surface area contributed by atoms with Crippen molar-refractivity contribution >= 4 is 35.0 Å². The first-order chi connectivity index (χ1) is 14.1. The third-order valence-electron chi connectivity index (χ3n) is 5.08. The second-order valence-electron chi connectivity index (χ2n) is 7.26. The van der Waals surface area contributed by atoms with Crippen molar-refractivity contribution in [3.05, 3.63) is 70.0 Å². The molecule has 0 radical (unpaired) electrons. The highest BCUT2D eigenvalue weighted by Gasteiger charge is 2.15. The lowest BCUT2D eigenvalue weighted by Crippen LogP contribution is -2.11. The summed E-state index contributed by atoms with van der Waals surface area (Å²) in [6, 6.07) is 13.2. The van der Waals surface area contributed by atoms with Crippen LogP contribution in [0.2, 0.25) is 5.02 Å². The topological polar surface area (TPSA) is 59.8 Å². The van der Waals surface area contributed by atoms with Gasteiger partial charge in [0.25, 0.3) is 5.91 Å². The van der Waals surface area contributed by atoms with Gasteiger partial charge >= 0.3 is 0 Å². The van der Waals surface area contributed by atoms with Gasteiger partial charge in [-0.25, -0.2) is 0 Å². The van der Waals surface area contributed by atoms with Crippen molar-refractivity contribution < 1.29 is 4.79 Å². The molecule has 29 heavy (non-hydrogen) atoms. The number of nitrogens with zero attached hydrogens (tertiary/aromatic N) is 3. The maximum absolute atomic E-state index is 12.5. The standard InChI is InChI=1S/C22H23ClN4OS/c1-15-13-18(10-11-19(15)23)24-21(28)17-8-6-16(7-9-17)14-29-22-26-25-20-5-3-2-4-12-27(20)22/h6-11,13H,2-5,12,14H2,1H3,(H,24,28). The highest BCUT2D eigenvalue weighted by molar-refractivity contribution is 7.98. The minimum absolute atomic E-state index is 0.131. The summed E-state index contributed by atoms with van der Waals surface area (Å²) in [5.74, 6) is 1.78. The molecule has 2 aromatic carbocycles. The Hall–Kier alpha value is -2.31. The van der Waals surface area contributed by atoms with E-state index < -0.39 is 0 Å². The fourth-order valence-electron chi connectivity index (χ4n) is 3.39. The highest BCUT2D eigenvalue weighted by Crippen LogP contribution is 2.25. The van der Waals surface area contributed by atoms with Crippen LogP contribution < -0.4 is 5.32 Å². The van der Waals surface area contributed by atoms with Crippen molar-refractivity contribution in [2.24, 2.45) is 0 Å². The molecule has 1 aromatic heterocycles. The summed E-state index contributed by atoms with van der Waals surface area (Å²) in [5, 5.41) is 13.3. The third kappa shape index (κ3) is 4.82. The number of anilines is 1. The number of hydrogen-bond donors (Lipinski definition) is 1. The van der Waals surface area contributed by atoms with Gasteiger partial charge in [0.15, 0.2) is 5.16 Å².